The SMILES string of the molecule is CC(C)(C)NC(=O)NC(=O)C[NH+](Cc1ccco1)Cc1cccs1. The molecule has 2 aromatic rings. The van der Waals surface area contributed by atoms with Crippen molar-refractivity contribution in [1.82, 2.24) is 10.6 Å². The van der Waals surface area contributed by atoms with Crippen molar-refractivity contribution < 1.29 is 18.9 Å². The number of hydrogen-bond acceptors (Lipinski definition) is 4. The Kier molecular flexibility index (Phi) is 6.16. The summed E-state index contributed by atoms with van der Waals surface area (Å²) in [6.07, 6.45) is 1.62. The van der Waals surface area contributed by atoms with Gasteiger partial charge in [-0.3, -0.25) is 10.1 Å². The van der Waals surface area contributed by atoms with E-state index in [0.717, 1.165) is 10.7 Å². The van der Waals surface area contributed by atoms with Gasteiger partial charge in [0.1, 0.15) is 13.1 Å². The topological polar surface area (TPSA) is 75.8 Å². The number of rotatable bonds is 6. The van der Waals surface area contributed by atoms with E-state index in [4.69, 9.17) is 4.42 Å². The third-order valence-electron chi connectivity index (χ3n) is 3.16. The van der Waals surface area contributed by atoms with Gasteiger partial charge in [0.05, 0.1) is 11.1 Å². The molecule has 3 amide bonds. The highest BCUT2D eigenvalue weighted by Crippen LogP contribution is 2.06. The highest BCUT2D eigenvalue weighted by molar-refractivity contribution is 7.09. The van der Waals surface area contributed by atoms with Crippen LogP contribution in [0.3, 0.4) is 0 Å². The Morgan fingerprint density at radius 3 is 2.58 bits per heavy atom. The third-order valence-corrected chi connectivity index (χ3v) is 4.04. The molecule has 0 aliphatic carbocycles. The van der Waals surface area contributed by atoms with Crippen molar-refractivity contribution >= 4 is 23.3 Å². The van der Waals surface area contributed by atoms with E-state index in [2.05, 4.69) is 10.6 Å². The van der Waals surface area contributed by atoms with Gasteiger partial charge in [0, 0.05) is 5.54 Å². The van der Waals surface area contributed by atoms with Crippen molar-refractivity contribution in [2.24, 2.45) is 0 Å². The van der Waals surface area contributed by atoms with E-state index in [1.807, 2.05) is 50.4 Å². The molecule has 0 spiro atoms. The molecule has 1 atom stereocenters. The van der Waals surface area contributed by atoms with Crippen LogP contribution in [-0.2, 0) is 17.9 Å². The summed E-state index contributed by atoms with van der Waals surface area (Å²) in [4.78, 5) is 26.2. The van der Waals surface area contributed by atoms with Crippen LogP contribution in [0.15, 0.2) is 40.3 Å². The number of amides is 3. The monoisotopic (exact) mass is 350 g/mol. The van der Waals surface area contributed by atoms with E-state index in [9.17, 15) is 9.59 Å². The Balaban J connectivity index is 1.93. The Morgan fingerprint density at radius 2 is 2.00 bits per heavy atom. The van der Waals surface area contributed by atoms with Crippen LogP contribution in [0, 0.1) is 0 Å². The van der Waals surface area contributed by atoms with Gasteiger partial charge in [-0.15, -0.1) is 11.3 Å². The molecule has 0 bridgehead atoms. The molecule has 2 heterocycles. The molecule has 0 saturated heterocycles. The molecule has 1 unspecified atom stereocenters. The van der Waals surface area contributed by atoms with E-state index in [1.165, 1.54) is 4.88 Å². The number of carbonyl (C=O) groups excluding carboxylic acids is 2. The third kappa shape index (κ3) is 6.55. The summed E-state index contributed by atoms with van der Waals surface area (Å²) in [6, 6.07) is 7.27. The number of hydrogen-bond donors (Lipinski definition) is 3. The van der Waals surface area contributed by atoms with Crippen molar-refractivity contribution in [1.29, 1.82) is 0 Å². The molecule has 24 heavy (non-hydrogen) atoms. The normalized spacial score (nSPS) is 12.6. The Bertz CT molecular complexity index is 609. The predicted molar refractivity (Wildman–Crippen MR) is 92.7 cm³/mol. The fourth-order valence-corrected chi connectivity index (χ4v) is 3.05. The highest BCUT2D eigenvalue weighted by atomic mass is 32.1. The molecule has 2 rings (SSSR count). The molecule has 2 aromatic heterocycles. The van der Waals surface area contributed by atoms with Gasteiger partial charge in [-0.05, 0) is 44.4 Å². The van der Waals surface area contributed by atoms with Gasteiger partial charge in [-0.1, -0.05) is 6.07 Å². The summed E-state index contributed by atoms with van der Waals surface area (Å²) in [6.45, 7) is 7.06. The zero-order valence-electron chi connectivity index (χ0n) is 14.2. The van der Waals surface area contributed by atoms with E-state index < -0.39 is 6.03 Å². The largest absolute Gasteiger partial charge is 0.463 e. The van der Waals surface area contributed by atoms with Gasteiger partial charge in [0.15, 0.2) is 12.3 Å². The Hall–Kier alpha value is -2.12. The van der Waals surface area contributed by atoms with Crippen LogP contribution in [0.1, 0.15) is 31.4 Å². The van der Waals surface area contributed by atoms with Crippen LogP contribution < -0.4 is 15.5 Å². The summed E-state index contributed by atoms with van der Waals surface area (Å²) in [5, 5.41) is 7.12. The van der Waals surface area contributed by atoms with Crippen LogP contribution in [0.5, 0.6) is 0 Å². The molecule has 0 radical (unpaired) electrons. The first-order valence-corrected chi connectivity index (χ1v) is 8.70. The van der Waals surface area contributed by atoms with Crippen molar-refractivity contribution in [3.05, 3.63) is 46.5 Å². The first-order chi connectivity index (χ1) is 11.3. The van der Waals surface area contributed by atoms with Crippen molar-refractivity contribution in [3.63, 3.8) is 0 Å². The standard InChI is InChI=1S/C17H23N3O3S/c1-17(2,3)19-16(22)18-15(21)12-20(10-13-6-4-8-23-13)11-14-7-5-9-24-14/h4-9H,10-12H2,1-3H3,(H2,18,19,21,22)/p+1. The van der Waals surface area contributed by atoms with Crippen LogP contribution in [0.2, 0.25) is 0 Å². The number of furan rings is 1. The molecule has 0 aliphatic heterocycles. The second-order valence-electron chi connectivity index (χ2n) is 6.69. The smallest absolute Gasteiger partial charge is 0.322 e. The van der Waals surface area contributed by atoms with Gasteiger partial charge in [0.25, 0.3) is 5.91 Å². The highest BCUT2D eigenvalue weighted by Gasteiger charge is 2.21. The van der Waals surface area contributed by atoms with E-state index in [1.54, 1.807) is 17.6 Å². The number of thiophene rings is 1. The lowest BCUT2D eigenvalue weighted by molar-refractivity contribution is -0.920. The molecule has 0 aliphatic rings. The number of urea groups is 1. The zero-order valence-corrected chi connectivity index (χ0v) is 15.0. The molecule has 130 valence electrons. The second kappa shape index (κ2) is 8.12. The quantitative estimate of drug-likeness (QED) is 0.740. The van der Waals surface area contributed by atoms with Crippen LogP contribution in [0.4, 0.5) is 4.79 Å². The number of quaternary nitrogens is 1. The van der Waals surface area contributed by atoms with Gasteiger partial charge in [0.2, 0.25) is 0 Å². The second-order valence-corrected chi connectivity index (χ2v) is 7.72. The Morgan fingerprint density at radius 1 is 1.21 bits per heavy atom. The lowest BCUT2D eigenvalue weighted by atomic mass is 10.1. The fourth-order valence-electron chi connectivity index (χ4n) is 2.28. The summed E-state index contributed by atoms with van der Waals surface area (Å²) in [5.41, 5.74) is -0.387. The molecule has 0 fully saturated rings. The average molecular weight is 350 g/mol. The van der Waals surface area contributed by atoms with Gasteiger partial charge in [-0.2, -0.15) is 0 Å². The first kappa shape index (κ1) is 18.2. The number of nitrogens with one attached hydrogen (secondary N) is 3. The van der Waals surface area contributed by atoms with Crippen LogP contribution >= 0.6 is 11.3 Å². The predicted octanol–water partition coefficient (Wildman–Crippen LogP) is 1.55. The van der Waals surface area contributed by atoms with Crippen LogP contribution in [-0.4, -0.2) is 24.0 Å². The van der Waals surface area contributed by atoms with E-state index in [0.29, 0.717) is 13.1 Å². The summed E-state index contributed by atoms with van der Waals surface area (Å²) < 4.78 is 5.38. The molecule has 0 aromatic carbocycles. The first-order valence-electron chi connectivity index (χ1n) is 7.82. The van der Waals surface area contributed by atoms with Crippen molar-refractivity contribution in [3.8, 4) is 0 Å². The van der Waals surface area contributed by atoms with Gasteiger partial charge >= 0.3 is 6.03 Å². The lowest BCUT2D eigenvalue weighted by Crippen LogP contribution is -3.10. The molecule has 3 N–H and O–H groups in total. The molecule has 7 heteroatoms. The average Bonchev–Trinajstić information content (AvgIpc) is 3.09. The Labute approximate surface area is 145 Å². The van der Waals surface area contributed by atoms with Gasteiger partial charge < -0.3 is 14.6 Å². The molecule has 0 saturated carbocycles. The number of carbonyl (C=O) groups is 2. The minimum atomic E-state index is -0.471. The maximum Gasteiger partial charge on any atom is 0.322 e. The summed E-state index contributed by atoms with van der Waals surface area (Å²) in [5.74, 6) is 0.503. The summed E-state index contributed by atoms with van der Waals surface area (Å²) >= 11 is 1.65. The summed E-state index contributed by atoms with van der Waals surface area (Å²) in [7, 11) is 0. The van der Waals surface area contributed by atoms with Crippen molar-refractivity contribution in [2.45, 2.75) is 39.4 Å². The van der Waals surface area contributed by atoms with Crippen molar-refractivity contribution in [2.75, 3.05) is 6.54 Å². The van der Waals surface area contributed by atoms with Gasteiger partial charge in [-0.25, -0.2) is 4.79 Å². The zero-order chi connectivity index (χ0) is 17.6. The maximum absolute atomic E-state index is 12.2. The number of imide groups is 1. The fraction of sp³-hybridized carbons (Fsp3) is 0.412. The van der Waals surface area contributed by atoms with E-state index in [-0.39, 0.29) is 18.0 Å². The van der Waals surface area contributed by atoms with Crippen LogP contribution in [0.25, 0.3) is 0 Å². The maximum atomic E-state index is 12.2. The minimum Gasteiger partial charge on any atom is -0.463 e. The molecule has 6 nitrogen and oxygen atoms in total. The minimum absolute atomic E-state index is 0.191. The molecular weight excluding hydrogens is 326 g/mol. The lowest BCUT2D eigenvalue weighted by Gasteiger charge is -2.21. The molecular formula is C17H24N3O3S+. The van der Waals surface area contributed by atoms with E-state index >= 15 is 0 Å².